The van der Waals surface area contributed by atoms with Crippen molar-refractivity contribution in [1.82, 2.24) is 4.90 Å². The highest BCUT2D eigenvalue weighted by Crippen LogP contribution is 2.21. The van der Waals surface area contributed by atoms with Crippen LogP contribution in [0, 0.1) is 0 Å². The lowest BCUT2D eigenvalue weighted by Crippen LogP contribution is -2.39. The standard InChI is InChI=1S/C27H34F3NO8/c1-3-37-24(25(32)33)19-20-5-7-22(8-6-20)38-18-15-31(14-17-36-16-4-13-27(28,29)30)26(34)39-23-11-9-21(35-2)10-12-23/h5-12,24H,3-4,13-19H2,1-2H3,(H,32,33). The fourth-order valence-corrected chi connectivity index (χ4v) is 3.38. The summed E-state index contributed by atoms with van der Waals surface area (Å²) in [6, 6.07) is 13.2. The predicted octanol–water partition coefficient (Wildman–Crippen LogP) is 4.97. The third kappa shape index (κ3) is 12.7. The van der Waals surface area contributed by atoms with Gasteiger partial charge in [-0.2, -0.15) is 13.2 Å². The lowest BCUT2D eigenvalue weighted by atomic mass is 10.1. The van der Waals surface area contributed by atoms with E-state index in [0.29, 0.717) is 17.2 Å². The summed E-state index contributed by atoms with van der Waals surface area (Å²) >= 11 is 0. The molecule has 0 aliphatic heterocycles. The monoisotopic (exact) mass is 557 g/mol. The van der Waals surface area contributed by atoms with Crippen molar-refractivity contribution in [3.63, 3.8) is 0 Å². The molecule has 0 heterocycles. The van der Waals surface area contributed by atoms with Crippen LogP contribution in [0.3, 0.4) is 0 Å². The first kappa shape index (κ1) is 31.7. The van der Waals surface area contributed by atoms with Gasteiger partial charge in [0.05, 0.1) is 20.3 Å². The maximum absolute atomic E-state index is 12.8. The van der Waals surface area contributed by atoms with Crippen LogP contribution in [0.5, 0.6) is 17.2 Å². The van der Waals surface area contributed by atoms with Gasteiger partial charge in [-0.1, -0.05) is 12.1 Å². The van der Waals surface area contributed by atoms with E-state index in [1.165, 1.54) is 12.0 Å². The Bertz CT molecular complexity index is 1000. The molecule has 39 heavy (non-hydrogen) atoms. The molecule has 0 spiro atoms. The molecule has 0 saturated heterocycles. The molecule has 1 N–H and O–H groups in total. The zero-order valence-corrected chi connectivity index (χ0v) is 21.9. The van der Waals surface area contributed by atoms with Gasteiger partial charge in [0.1, 0.15) is 23.9 Å². The average Bonchev–Trinajstić information content (AvgIpc) is 2.90. The van der Waals surface area contributed by atoms with Gasteiger partial charge in [-0.15, -0.1) is 0 Å². The quantitative estimate of drug-likeness (QED) is 0.272. The van der Waals surface area contributed by atoms with Crippen molar-refractivity contribution < 1.29 is 51.6 Å². The van der Waals surface area contributed by atoms with Crippen molar-refractivity contribution in [2.45, 2.75) is 38.5 Å². The van der Waals surface area contributed by atoms with Crippen LogP contribution in [-0.4, -0.2) is 81.0 Å². The Morgan fingerprint density at radius 1 is 0.923 bits per heavy atom. The number of halogens is 3. The van der Waals surface area contributed by atoms with Crippen molar-refractivity contribution in [3.8, 4) is 17.2 Å². The number of rotatable bonds is 17. The zero-order chi connectivity index (χ0) is 28.7. The summed E-state index contributed by atoms with van der Waals surface area (Å²) in [4.78, 5) is 25.4. The van der Waals surface area contributed by atoms with E-state index in [2.05, 4.69) is 0 Å². The molecule has 0 fully saturated rings. The first-order valence-electron chi connectivity index (χ1n) is 12.4. The lowest BCUT2D eigenvalue weighted by molar-refractivity contribution is -0.150. The number of carboxylic acids is 1. The van der Waals surface area contributed by atoms with Gasteiger partial charge in [-0.05, 0) is 55.3 Å². The van der Waals surface area contributed by atoms with E-state index in [1.807, 2.05) is 0 Å². The largest absolute Gasteiger partial charge is 0.497 e. The van der Waals surface area contributed by atoms with Crippen molar-refractivity contribution in [2.24, 2.45) is 0 Å². The van der Waals surface area contributed by atoms with Gasteiger partial charge in [0, 0.05) is 32.6 Å². The maximum atomic E-state index is 12.8. The molecule has 2 aromatic carbocycles. The number of aliphatic carboxylic acids is 1. The topological polar surface area (TPSA) is 104 Å². The summed E-state index contributed by atoms with van der Waals surface area (Å²) < 4.78 is 63.6. The number of benzene rings is 2. The highest BCUT2D eigenvalue weighted by atomic mass is 19.4. The number of hydrogen-bond acceptors (Lipinski definition) is 7. The van der Waals surface area contributed by atoms with Crippen LogP contribution >= 0.6 is 0 Å². The lowest BCUT2D eigenvalue weighted by Gasteiger charge is -2.22. The molecule has 0 aromatic heterocycles. The van der Waals surface area contributed by atoms with Gasteiger partial charge < -0.3 is 33.7 Å². The third-order valence-electron chi connectivity index (χ3n) is 5.39. The number of alkyl halides is 3. The molecule has 216 valence electrons. The minimum Gasteiger partial charge on any atom is -0.497 e. The molecule has 12 heteroatoms. The van der Waals surface area contributed by atoms with E-state index in [1.54, 1.807) is 55.5 Å². The van der Waals surface area contributed by atoms with Gasteiger partial charge in [-0.25, -0.2) is 9.59 Å². The first-order valence-corrected chi connectivity index (χ1v) is 12.4. The van der Waals surface area contributed by atoms with Crippen LogP contribution in [-0.2, 0) is 20.7 Å². The molecule has 0 aliphatic rings. The van der Waals surface area contributed by atoms with E-state index >= 15 is 0 Å². The van der Waals surface area contributed by atoms with E-state index in [9.17, 15) is 27.9 Å². The number of carboxylic acid groups (broad SMARTS) is 1. The van der Waals surface area contributed by atoms with E-state index in [4.69, 9.17) is 23.7 Å². The van der Waals surface area contributed by atoms with E-state index in [-0.39, 0.29) is 52.4 Å². The number of carbonyl (C=O) groups is 2. The summed E-state index contributed by atoms with van der Waals surface area (Å²) in [5, 5.41) is 9.23. The zero-order valence-electron chi connectivity index (χ0n) is 21.9. The molecular weight excluding hydrogens is 523 g/mol. The van der Waals surface area contributed by atoms with E-state index < -0.39 is 30.8 Å². The van der Waals surface area contributed by atoms with E-state index in [0.717, 1.165) is 5.56 Å². The molecule has 0 bridgehead atoms. The number of nitrogens with zero attached hydrogens (tertiary/aromatic N) is 1. The predicted molar refractivity (Wildman–Crippen MR) is 135 cm³/mol. The highest BCUT2D eigenvalue weighted by Gasteiger charge is 2.26. The molecule has 1 amide bonds. The second-order valence-electron chi connectivity index (χ2n) is 8.34. The fourth-order valence-electron chi connectivity index (χ4n) is 3.38. The molecule has 9 nitrogen and oxygen atoms in total. The first-order chi connectivity index (χ1) is 18.6. The Morgan fingerprint density at radius 3 is 2.13 bits per heavy atom. The summed E-state index contributed by atoms with van der Waals surface area (Å²) in [6.45, 7) is 2.25. The molecule has 1 atom stereocenters. The molecular formula is C27H34F3NO8. The summed E-state index contributed by atoms with van der Waals surface area (Å²) in [5.74, 6) is 0.354. The van der Waals surface area contributed by atoms with Gasteiger partial charge in [0.25, 0.3) is 0 Å². The Hall–Kier alpha value is -3.51. The van der Waals surface area contributed by atoms with Crippen molar-refractivity contribution in [1.29, 1.82) is 0 Å². The fraction of sp³-hybridized carbons (Fsp3) is 0.481. The summed E-state index contributed by atoms with van der Waals surface area (Å²) in [5.41, 5.74) is 0.760. The van der Waals surface area contributed by atoms with Crippen LogP contribution < -0.4 is 14.2 Å². The van der Waals surface area contributed by atoms with Crippen LogP contribution in [0.4, 0.5) is 18.0 Å². The number of carbonyl (C=O) groups excluding carboxylic acids is 1. The normalized spacial score (nSPS) is 12.0. The second kappa shape index (κ2) is 16.5. The molecule has 0 radical (unpaired) electrons. The molecule has 0 saturated carbocycles. The average molecular weight is 558 g/mol. The Balaban J connectivity index is 1.90. The number of ether oxygens (including phenoxy) is 5. The molecule has 2 aromatic rings. The molecule has 0 aliphatic carbocycles. The number of amides is 1. The SMILES string of the molecule is CCOC(Cc1ccc(OCCN(CCOCCCC(F)(F)F)C(=O)Oc2ccc(OC)cc2)cc1)C(=O)O. The highest BCUT2D eigenvalue weighted by molar-refractivity contribution is 5.72. The van der Waals surface area contributed by atoms with Gasteiger partial charge >= 0.3 is 18.2 Å². The van der Waals surface area contributed by atoms with Crippen LogP contribution in [0.1, 0.15) is 25.3 Å². The van der Waals surface area contributed by atoms with Gasteiger partial charge in [0.15, 0.2) is 6.10 Å². The Labute approximate surface area is 225 Å². The minimum atomic E-state index is -4.24. The summed E-state index contributed by atoms with van der Waals surface area (Å²) in [7, 11) is 1.51. The van der Waals surface area contributed by atoms with Gasteiger partial charge in [-0.3, -0.25) is 0 Å². The Kier molecular flexibility index (Phi) is 13.4. The van der Waals surface area contributed by atoms with Crippen LogP contribution in [0.2, 0.25) is 0 Å². The van der Waals surface area contributed by atoms with Gasteiger partial charge in [0.2, 0.25) is 0 Å². The van der Waals surface area contributed by atoms with Crippen LogP contribution in [0.15, 0.2) is 48.5 Å². The third-order valence-corrected chi connectivity index (χ3v) is 5.39. The second-order valence-corrected chi connectivity index (χ2v) is 8.34. The van der Waals surface area contributed by atoms with Crippen molar-refractivity contribution in [2.75, 3.05) is 46.6 Å². The Morgan fingerprint density at radius 2 is 1.54 bits per heavy atom. The molecule has 1 unspecified atom stereocenters. The van der Waals surface area contributed by atoms with Crippen molar-refractivity contribution >= 4 is 12.1 Å². The number of hydrogen-bond donors (Lipinski definition) is 1. The minimum absolute atomic E-state index is 0.0227. The maximum Gasteiger partial charge on any atom is 0.415 e. The van der Waals surface area contributed by atoms with Crippen molar-refractivity contribution in [3.05, 3.63) is 54.1 Å². The summed E-state index contributed by atoms with van der Waals surface area (Å²) in [6.07, 6.45) is -6.76. The smallest absolute Gasteiger partial charge is 0.415 e. The molecule has 2 rings (SSSR count). The van der Waals surface area contributed by atoms with Crippen LogP contribution in [0.25, 0.3) is 0 Å². The number of methoxy groups -OCH3 is 1.